The molecule has 1 N–H and O–H groups in total. The Balaban J connectivity index is 1.58. The maximum atomic E-state index is 11.9. The third-order valence-corrected chi connectivity index (χ3v) is 4.04. The van der Waals surface area contributed by atoms with Crippen molar-refractivity contribution in [2.24, 2.45) is 0 Å². The Morgan fingerprint density at radius 1 is 1.04 bits per heavy atom. The summed E-state index contributed by atoms with van der Waals surface area (Å²) >= 11 is 0. The second-order valence-corrected chi connectivity index (χ2v) is 6.14. The Morgan fingerprint density at radius 3 is 2.38 bits per heavy atom. The molecule has 138 valence electrons. The van der Waals surface area contributed by atoms with E-state index in [1.165, 1.54) is 6.92 Å². The van der Waals surface area contributed by atoms with Gasteiger partial charge in [0.1, 0.15) is 5.75 Å². The molecule has 0 saturated carbocycles. The van der Waals surface area contributed by atoms with Crippen molar-refractivity contribution in [3.05, 3.63) is 60.2 Å². The Bertz CT molecular complexity index is 699. The van der Waals surface area contributed by atoms with E-state index in [1.807, 2.05) is 37.4 Å². The molecule has 1 amide bonds. The first kappa shape index (κ1) is 19.5. The number of hydrogen-bond donors (Lipinski definition) is 1. The molecule has 2 aromatic rings. The lowest BCUT2D eigenvalue weighted by Gasteiger charge is -2.19. The number of rotatable bonds is 10. The third kappa shape index (κ3) is 6.59. The van der Waals surface area contributed by atoms with Crippen molar-refractivity contribution in [3.63, 3.8) is 0 Å². The second kappa shape index (κ2) is 10.2. The number of anilines is 1. The number of carbonyl (C=O) groups excluding carboxylic acids is 2. The van der Waals surface area contributed by atoms with Gasteiger partial charge in [0.25, 0.3) is 0 Å². The molecule has 0 aliphatic carbocycles. The number of carbonyl (C=O) groups is 2. The fraction of sp³-hybridized carbons (Fsp3) is 0.333. The van der Waals surface area contributed by atoms with Crippen molar-refractivity contribution in [1.29, 1.82) is 0 Å². The Morgan fingerprint density at radius 2 is 1.73 bits per heavy atom. The number of para-hydroxylation sites is 1. The molecule has 0 saturated heterocycles. The van der Waals surface area contributed by atoms with Gasteiger partial charge in [-0.3, -0.25) is 9.59 Å². The normalized spacial score (nSPS) is 10.2. The highest BCUT2D eigenvalue weighted by Crippen LogP contribution is 2.13. The quantitative estimate of drug-likeness (QED) is 0.525. The summed E-state index contributed by atoms with van der Waals surface area (Å²) in [5.41, 5.74) is 1.79. The van der Waals surface area contributed by atoms with Gasteiger partial charge in [-0.05, 0) is 49.7 Å². The first-order valence-corrected chi connectivity index (χ1v) is 8.83. The molecule has 2 aromatic carbocycles. The molecule has 0 atom stereocenters. The SMILES string of the molecule is CC(=O)c1ccc(OCCCC(=O)NCCN(C)c2ccccc2)cc1. The molecular formula is C21H26N2O3. The van der Waals surface area contributed by atoms with Gasteiger partial charge in [-0.25, -0.2) is 0 Å². The molecule has 5 nitrogen and oxygen atoms in total. The van der Waals surface area contributed by atoms with Crippen molar-refractivity contribution < 1.29 is 14.3 Å². The minimum atomic E-state index is 0.0296. The van der Waals surface area contributed by atoms with Gasteiger partial charge in [-0.1, -0.05) is 18.2 Å². The minimum absolute atomic E-state index is 0.0296. The van der Waals surface area contributed by atoms with E-state index in [4.69, 9.17) is 4.74 Å². The lowest BCUT2D eigenvalue weighted by molar-refractivity contribution is -0.121. The van der Waals surface area contributed by atoms with Crippen molar-refractivity contribution >= 4 is 17.4 Å². The van der Waals surface area contributed by atoms with Gasteiger partial charge < -0.3 is 15.0 Å². The van der Waals surface area contributed by atoms with Gasteiger partial charge in [0, 0.05) is 37.8 Å². The van der Waals surface area contributed by atoms with Crippen LogP contribution in [0.25, 0.3) is 0 Å². The van der Waals surface area contributed by atoms with Crippen LogP contribution in [-0.2, 0) is 4.79 Å². The predicted octanol–water partition coefficient (Wildman–Crippen LogP) is 3.30. The number of ketones is 1. The fourth-order valence-corrected chi connectivity index (χ4v) is 2.47. The Labute approximate surface area is 155 Å². The molecule has 0 aromatic heterocycles. The van der Waals surface area contributed by atoms with E-state index in [0.717, 1.165) is 12.2 Å². The van der Waals surface area contributed by atoms with E-state index in [0.29, 0.717) is 37.3 Å². The lowest BCUT2D eigenvalue weighted by Crippen LogP contribution is -2.33. The molecule has 0 unspecified atom stereocenters. The molecular weight excluding hydrogens is 328 g/mol. The van der Waals surface area contributed by atoms with Crippen LogP contribution in [0.1, 0.15) is 30.1 Å². The number of amides is 1. The number of nitrogens with one attached hydrogen (secondary N) is 1. The minimum Gasteiger partial charge on any atom is -0.494 e. The standard InChI is InChI=1S/C21H26N2O3/c1-17(24)18-10-12-20(13-11-18)26-16-6-9-21(25)22-14-15-23(2)19-7-4-3-5-8-19/h3-5,7-8,10-13H,6,9,14-16H2,1-2H3,(H,22,25). The number of ether oxygens (including phenoxy) is 1. The molecule has 5 heteroatoms. The summed E-state index contributed by atoms with van der Waals surface area (Å²) in [6, 6.07) is 17.1. The van der Waals surface area contributed by atoms with E-state index >= 15 is 0 Å². The second-order valence-electron chi connectivity index (χ2n) is 6.14. The lowest BCUT2D eigenvalue weighted by atomic mass is 10.1. The third-order valence-electron chi connectivity index (χ3n) is 4.04. The first-order valence-electron chi connectivity index (χ1n) is 8.83. The van der Waals surface area contributed by atoms with Crippen LogP contribution in [-0.4, -0.2) is 38.4 Å². The van der Waals surface area contributed by atoms with Crippen LogP contribution in [0.15, 0.2) is 54.6 Å². The zero-order chi connectivity index (χ0) is 18.8. The summed E-state index contributed by atoms with van der Waals surface area (Å²) in [6.07, 6.45) is 1.08. The molecule has 0 aliphatic rings. The molecule has 0 bridgehead atoms. The smallest absolute Gasteiger partial charge is 0.220 e. The van der Waals surface area contributed by atoms with Gasteiger partial charge in [0.2, 0.25) is 5.91 Å². The van der Waals surface area contributed by atoms with Crippen molar-refractivity contribution in [1.82, 2.24) is 5.32 Å². The van der Waals surface area contributed by atoms with Crippen LogP contribution >= 0.6 is 0 Å². The summed E-state index contributed by atoms with van der Waals surface area (Å²) in [5.74, 6) is 0.771. The van der Waals surface area contributed by atoms with Gasteiger partial charge in [0.15, 0.2) is 5.78 Å². The monoisotopic (exact) mass is 354 g/mol. The summed E-state index contributed by atoms with van der Waals surface area (Å²) in [4.78, 5) is 25.2. The van der Waals surface area contributed by atoms with Gasteiger partial charge in [-0.15, -0.1) is 0 Å². The van der Waals surface area contributed by atoms with E-state index in [1.54, 1.807) is 24.3 Å². The van der Waals surface area contributed by atoms with Crippen molar-refractivity contribution in [2.75, 3.05) is 31.6 Å². The zero-order valence-corrected chi connectivity index (χ0v) is 15.4. The number of benzene rings is 2. The van der Waals surface area contributed by atoms with Crippen LogP contribution in [0, 0.1) is 0 Å². The first-order chi connectivity index (χ1) is 12.6. The highest BCUT2D eigenvalue weighted by molar-refractivity contribution is 5.94. The van der Waals surface area contributed by atoms with E-state index in [2.05, 4.69) is 10.2 Å². The summed E-state index contributed by atoms with van der Waals surface area (Å²) in [7, 11) is 2.01. The van der Waals surface area contributed by atoms with Crippen LogP contribution in [0.5, 0.6) is 5.75 Å². The van der Waals surface area contributed by atoms with E-state index in [9.17, 15) is 9.59 Å². The average molecular weight is 354 g/mol. The molecule has 26 heavy (non-hydrogen) atoms. The topological polar surface area (TPSA) is 58.6 Å². The average Bonchev–Trinajstić information content (AvgIpc) is 2.66. The molecule has 0 heterocycles. The van der Waals surface area contributed by atoms with Gasteiger partial charge in [-0.2, -0.15) is 0 Å². The highest BCUT2D eigenvalue weighted by Gasteiger charge is 2.04. The van der Waals surface area contributed by atoms with Crippen LogP contribution in [0.3, 0.4) is 0 Å². The van der Waals surface area contributed by atoms with Gasteiger partial charge >= 0.3 is 0 Å². The number of Topliss-reactive ketones (excluding diaryl/α,β-unsaturated/α-hetero) is 1. The van der Waals surface area contributed by atoms with Gasteiger partial charge in [0.05, 0.1) is 6.61 Å². The van der Waals surface area contributed by atoms with Crippen LogP contribution < -0.4 is 15.0 Å². The van der Waals surface area contributed by atoms with E-state index < -0.39 is 0 Å². The fourth-order valence-electron chi connectivity index (χ4n) is 2.47. The summed E-state index contributed by atoms with van der Waals surface area (Å²) in [6.45, 7) is 3.37. The number of likely N-dealkylation sites (N-methyl/N-ethyl adjacent to an activating group) is 1. The summed E-state index contributed by atoms with van der Waals surface area (Å²) in [5, 5.41) is 2.93. The Hall–Kier alpha value is -2.82. The Kier molecular flexibility index (Phi) is 7.68. The van der Waals surface area contributed by atoms with E-state index in [-0.39, 0.29) is 11.7 Å². The molecule has 0 spiro atoms. The molecule has 0 radical (unpaired) electrons. The van der Waals surface area contributed by atoms with Crippen molar-refractivity contribution in [2.45, 2.75) is 19.8 Å². The largest absolute Gasteiger partial charge is 0.494 e. The number of nitrogens with zero attached hydrogens (tertiary/aromatic N) is 1. The molecule has 0 fully saturated rings. The maximum Gasteiger partial charge on any atom is 0.220 e. The van der Waals surface area contributed by atoms with Crippen LogP contribution in [0.4, 0.5) is 5.69 Å². The highest BCUT2D eigenvalue weighted by atomic mass is 16.5. The van der Waals surface area contributed by atoms with Crippen molar-refractivity contribution in [3.8, 4) is 5.75 Å². The van der Waals surface area contributed by atoms with Crippen LogP contribution in [0.2, 0.25) is 0 Å². The molecule has 2 rings (SSSR count). The summed E-state index contributed by atoms with van der Waals surface area (Å²) < 4.78 is 5.59. The molecule has 0 aliphatic heterocycles. The maximum absolute atomic E-state index is 11.9. The zero-order valence-electron chi connectivity index (χ0n) is 15.4. The number of hydrogen-bond acceptors (Lipinski definition) is 4. The predicted molar refractivity (Wildman–Crippen MR) is 104 cm³/mol.